The Balaban J connectivity index is 1.45. The summed E-state index contributed by atoms with van der Waals surface area (Å²) in [6, 6.07) is 69.8. The number of hydrogen-bond donors (Lipinski definition) is 0. The smallest absolute Gasteiger partial charge is 0.179 e. The number of fused-ring (bicyclic) bond motifs is 6. The lowest BCUT2D eigenvalue weighted by atomic mass is 10.1. The fourth-order valence-corrected chi connectivity index (χ4v) is 13.4. The molecule has 0 atom stereocenters. The molecule has 0 unspecified atom stereocenters. The lowest BCUT2D eigenvalue weighted by Crippen LogP contribution is -2.74. The minimum absolute atomic E-state index is 0.589. The molecule has 10 aromatic rings. The molecule has 4 nitrogen and oxygen atoms in total. The summed E-state index contributed by atoms with van der Waals surface area (Å²) in [7, 11) is -3.05. The van der Waals surface area contributed by atoms with Crippen molar-refractivity contribution in [1.82, 2.24) is 14.1 Å². The molecule has 0 aliphatic carbocycles. The summed E-state index contributed by atoms with van der Waals surface area (Å²) < 4.78 is 4.52. The number of rotatable bonds is 6. The van der Waals surface area contributed by atoms with E-state index in [1.54, 1.807) is 0 Å². The molecule has 248 valence electrons. The number of nitrogens with zero attached hydrogens (tertiary/aromatic N) is 4. The zero-order valence-electron chi connectivity index (χ0n) is 28.8. The van der Waals surface area contributed by atoms with Gasteiger partial charge in [-0.1, -0.05) is 146 Å². The van der Waals surface area contributed by atoms with Gasteiger partial charge in [-0.25, -0.2) is 4.98 Å². The van der Waals surface area contributed by atoms with Crippen LogP contribution in [0, 0.1) is 11.3 Å². The molecule has 10 rings (SSSR count). The Kier molecular flexibility index (Phi) is 7.17. The van der Waals surface area contributed by atoms with Gasteiger partial charge in [0.15, 0.2) is 8.07 Å². The first kappa shape index (κ1) is 30.8. The maximum absolute atomic E-state index is 11.4. The maximum Gasteiger partial charge on any atom is 0.179 e. The highest BCUT2D eigenvalue weighted by Gasteiger charge is 2.42. The Bertz CT molecular complexity index is 2670. The molecule has 5 heteroatoms. The van der Waals surface area contributed by atoms with Crippen molar-refractivity contribution in [2.45, 2.75) is 0 Å². The second-order valence-electron chi connectivity index (χ2n) is 13.4. The lowest BCUT2D eigenvalue weighted by molar-refractivity contribution is 1.10. The van der Waals surface area contributed by atoms with Crippen LogP contribution < -0.4 is 20.7 Å². The van der Waals surface area contributed by atoms with Gasteiger partial charge in [0.2, 0.25) is 0 Å². The molecule has 0 N–H and O–H groups in total. The Morgan fingerprint density at radius 2 is 0.811 bits per heavy atom. The van der Waals surface area contributed by atoms with Crippen LogP contribution in [0.2, 0.25) is 0 Å². The molecule has 0 aliphatic rings. The first-order valence-electron chi connectivity index (χ1n) is 17.9. The first-order chi connectivity index (χ1) is 26.3. The van der Waals surface area contributed by atoms with Gasteiger partial charge in [0.1, 0.15) is 17.3 Å². The van der Waals surface area contributed by atoms with E-state index in [-0.39, 0.29) is 0 Å². The summed E-state index contributed by atoms with van der Waals surface area (Å²) in [5.74, 6) is 0. The van der Waals surface area contributed by atoms with Gasteiger partial charge in [-0.15, -0.1) is 0 Å². The Morgan fingerprint density at radius 3 is 1.30 bits per heavy atom. The van der Waals surface area contributed by atoms with E-state index in [1.165, 1.54) is 20.7 Å². The highest BCUT2D eigenvalue weighted by Crippen LogP contribution is 2.37. The summed E-state index contributed by atoms with van der Waals surface area (Å²) >= 11 is 0. The van der Waals surface area contributed by atoms with E-state index < -0.39 is 8.07 Å². The van der Waals surface area contributed by atoms with Crippen LogP contribution in [0.15, 0.2) is 194 Å². The molecule has 0 bridgehead atoms. The quantitative estimate of drug-likeness (QED) is 0.130. The van der Waals surface area contributed by atoms with Crippen molar-refractivity contribution >= 4 is 72.6 Å². The predicted octanol–water partition coefficient (Wildman–Crippen LogP) is 8.52. The van der Waals surface area contributed by atoms with Crippen molar-refractivity contribution in [3.63, 3.8) is 0 Å². The molecule has 0 fully saturated rings. The van der Waals surface area contributed by atoms with Crippen LogP contribution in [0.1, 0.15) is 5.56 Å². The third-order valence-electron chi connectivity index (χ3n) is 10.8. The summed E-state index contributed by atoms with van der Waals surface area (Å²) in [5.41, 5.74) is 6.19. The number of benzene rings is 7. The van der Waals surface area contributed by atoms with Gasteiger partial charge in [-0.2, -0.15) is 5.26 Å². The fraction of sp³-hybridized carbons (Fsp3) is 0. The molecule has 0 radical (unpaired) electrons. The summed E-state index contributed by atoms with van der Waals surface area (Å²) in [6.07, 6.45) is 1.85. The predicted molar refractivity (Wildman–Crippen MR) is 221 cm³/mol. The normalized spacial score (nSPS) is 11.8. The minimum atomic E-state index is -3.05. The van der Waals surface area contributed by atoms with Gasteiger partial charge in [-0.3, -0.25) is 4.57 Å². The molecule has 0 aliphatic heterocycles. The van der Waals surface area contributed by atoms with Crippen molar-refractivity contribution in [2.24, 2.45) is 0 Å². The topological polar surface area (TPSA) is 46.5 Å². The molecule has 53 heavy (non-hydrogen) atoms. The van der Waals surface area contributed by atoms with Crippen LogP contribution in [0.4, 0.5) is 0 Å². The minimum Gasteiger partial charge on any atom is -0.308 e. The fourth-order valence-electron chi connectivity index (χ4n) is 8.58. The van der Waals surface area contributed by atoms with E-state index in [9.17, 15) is 5.26 Å². The van der Waals surface area contributed by atoms with E-state index in [1.807, 2.05) is 12.3 Å². The number of para-hydroxylation sites is 3. The van der Waals surface area contributed by atoms with Crippen molar-refractivity contribution in [3.8, 4) is 17.4 Å². The first-order valence-corrected chi connectivity index (χ1v) is 19.9. The van der Waals surface area contributed by atoms with Gasteiger partial charge < -0.3 is 4.57 Å². The van der Waals surface area contributed by atoms with Gasteiger partial charge in [0.25, 0.3) is 0 Å². The van der Waals surface area contributed by atoms with Crippen molar-refractivity contribution in [1.29, 1.82) is 5.26 Å². The monoisotopic (exact) mass is 692 g/mol. The molecule has 7 aromatic carbocycles. The number of pyridine rings is 1. The average Bonchev–Trinajstić information content (AvgIpc) is 3.75. The lowest BCUT2D eigenvalue weighted by Gasteiger charge is -2.35. The van der Waals surface area contributed by atoms with Crippen LogP contribution in [-0.4, -0.2) is 22.2 Å². The third-order valence-corrected chi connectivity index (χ3v) is 15.5. The van der Waals surface area contributed by atoms with E-state index >= 15 is 0 Å². The van der Waals surface area contributed by atoms with Crippen LogP contribution in [0.5, 0.6) is 0 Å². The largest absolute Gasteiger partial charge is 0.308 e. The van der Waals surface area contributed by atoms with E-state index in [0.29, 0.717) is 5.56 Å². The van der Waals surface area contributed by atoms with Gasteiger partial charge in [-0.05, 0) is 63.2 Å². The third kappa shape index (κ3) is 4.56. The zero-order chi connectivity index (χ0) is 35.4. The molecule has 3 aromatic heterocycles. The van der Waals surface area contributed by atoms with Gasteiger partial charge in [0.05, 0.1) is 27.9 Å². The zero-order valence-corrected chi connectivity index (χ0v) is 29.8. The van der Waals surface area contributed by atoms with E-state index in [2.05, 4.69) is 197 Å². The molecule has 3 heterocycles. The molecule has 0 saturated heterocycles. The molecule has 0 saturated carbocycles. The van der Waals surface area contributed by atoms with Crippen LogP contribution in [-0.2, 0) is 0 Å². The van der Waals surface area contributed by atoms with Gasteiger partial charge >= 0.3 is 0 Å². The number of nitriles is 1. The number of hydrogen-bond acceptors (Lipinski definition) is 2. The van der Waals surface area contributed by atoms with E-state index in [4.69, 9.17) is 4.98 Å². The van der Waals surface area contributed by atoms with E-state index in [0.717, 1.165) is 55.1 Å². The standard InChI is InChI=1S/C48H32N4Si/c49-33-42-46(51-43-27-13-10-23-38(43)39-24-11-14-28-44(39)51)31-37(32-47(42)52-45-29-15-12-25-40(45)41-26-16-30-50-48(41)52)53(34-17-4-1-5-18-34,35-19-6-2-7-20-35)36-21-8-3-9-22-36/h1-32H. The SMILES string of the molecule is N#Cc1c(-n2c3ccccc3c3ccccc32)cc([Si](c2ccccc2)(c2ccccc2)c2ccccc2)cc1-n1c2ccccc2c2cccnc21. The summed E-state index contributed by atoms with van der Waals surface area (Å²) in [5, 5.41) is 20.9. The second kappa shape index (κ2) is 12.3. The summed E-state index contributed by atoms with van der Waals surface area (Å²) in [4.78, 5) is 4.99. The number of aromatic nitrogens is 3. The maximum atomic E-state index is 11.4. The Hall–Kier alpha value is -7.00. The van der Waals surface area contributed by atoms with Crippen molar-refractivity contribution in [2.75, 3.05) is 0 Å². The van der Waals surface area contributed by atoms with Crippen LogP contribution >= 0.6 is 0 Å². The van der Waals surface area contributed by atoms with Crippen molar-refractivity contribution in [3.05, 3.63) is 200 Å². The second-order valence-corrected chi connectivity index (χ2v) is 17.3. The van der Waals surface area contributed by atoms with Crippen molar-refractivity contribution < 1.29 is 0 Å². The Morgan fingerprint density at radius 1 is 0.415 bits per heavy atom. The highest BCUT2D eigenvalue weighted by atomic mass is 28.3. The van der Waals surface area contributed by atoms with Gasteiger partial charge in [0, 0.05) is 27.7 Å². The Labute approximate surface area is 308 Å². The molecule has 0 amide bonds. The van der Waals surface area contributed by atoms with Crippen LogP contribution in [0.25, 0.3) is 55.1 Å². The molecule has 0 spiro atoms. The average molecular weight is 693 g/mol. The molecular weight excluding hydrogens is 661 g/mol. The highest BCUT2D eigenvalue weighted by molar-refractivity contribution is 7.20. The summed E-state index contributed by atoms with van der Waals surface area (Å²) in [6.45, 7) is 0. The van der Waals surface area contributed by atoms with Crippen LogP contribution in [0.3, 0.4) is 0 Å². The molecular formula is C48H32N4Si.